The molecular weight excluding hydrogens is 434 g/mol. The highest BCUT2D eigenvalue weighted by atomic mass is 16.5. The molecule has 8 heteroatoms. The Morgan fingerprint density at radius 3 is 2.47 bits per heavy atom. The number of aromatic nitrogens is 1. The third kappa shape index (κ3) is 4.37. The van der Waals surface area contributed by atoms with Gasteiger partial charge in [0.2, 0.25) is 0 Å². The molecule has 0 bridgehead atoms. The van der Waals surface area contributed by atoms with Gasteiger partial charge < -0.3 is 19.7 Å². The summed E-state index contributed by atoms with van der Waals surface area (Å²) in [5, 5.41) is 28.1. The molecule has 1 unspecified atom stereocenters. The van der Waals surface area contributed by atoms with Crippen molar-refractivity contribution in [1.29, 1.82) is 5.26 Å². The van der Waals surface area contributed by atoms with Gasteiger partial charge in [0.05, 0.1) is 29.8 Å². The second-order valence-corrected chi connectivity index (χ2v) is 7.84. The number of methoxy groups -OCH3 is 1. The molecule has 1 aromatic heterocycles. The summed E-state index contributed by atoms with van der Waals surface area (Å²) in [5.74, 6) is -0.0133. The van der Waals surface area contributed by atoms with E-state index in [0.717, 1.165) is 0 Å². The Bertz CT molecular complexity index is 1450. The number of aryl methyl sites for hydroxylation is 1. The number of hydrogen-bond donors (Lipinski definition) is 2. The molecule has 0 aliphatic heterocycles. The maximum Gasteiger partial charge on any atom is 0.366 e. The number of nitrogens with one attached hydrogen (secondary N) is 1. The summed E-state index contributed by atoms with van der Waals surface area (Å²) >= 11 is 0. The van der Waals surface area contributed by atoms with E-state index in [1.807, 2.05) is 6.07 Å². The van der Waals surface area contributed by atoms with E-state index in [0.29, 0.717) is 44.6 Å². The molecule has 4 rings (SSSR count). The molecule has 0 fully saturated rings. The van der Waals surface area contributed by atoms with Crippen molar-refractivity contribution in [2.24, 2.45) is 0 Å². The predicted octanol–water partition coefficient (Wildman–Crippen LogP) is 3.45. The number of benzene rings is 3. The van der Waals surface area contributed by atoms with Crippen LogP contribution in [-0.4, -0.2) is 23.3 Å². The number of amides is 1. The number of carbonyl (C=O) groups excluding carboxylic acids is 1. The van der Waals surface area contributed by atoms with Gasteiger partial charge in [-0.25, -0.2) is 4.79 Å². The number of hydrogen-bond acceptors (Lipinski definition) is 7. The molecule has 8 nitrogen and oxygen atoms in total. The molecule has 0 saturated heterocycles. The van der Waals surface area contributed by atoms with Gasteiger partial charge in [-0.2, -0.15) is 5.26 Å². The maximum atomic E-state index is 13.5. The summed E-state index contributed by atoms with van der Waals surface area (Å²) < 4.78 is 9.92. The van der Waals surface area contributed by atoms with Gasteiger partial charge in [-0.3, -0.25) is 4.79 Å². The van der Waals surface area contributed by atoms with Crippen molar-refractivity contribution in [2.45, 2.75) is 18.9 Å². The van der Waals surface area contributed by atoms with Gasteiger partial charge in [-0.1, -0.05) is 29.4 Å². The minimum Gasteiger partial charge on any atom is -0.497 e. The Hall–Kier alpha value is -4.48. The lowest BCUT2D eigenvalue weighted by molar-refractivity contribution is -0.135. The second kappa shape index (κ2) is 9.17. The average Bonchev–Trinajstić information content (AvgIpc) is 2.86. The second-order valence-electron chi connectivity index (χ2n) is 7.84. The van der Waals surface area contributed by atoms with Crippen molar-refractivity contribution in [2.75, 3.05) is 12.4 Å². The highest BCUT2D eigenvalue weighted by Gasteiger charge is 2.38. The van der Waals surface area contributed by atoms with Gasteiger partial charge in [0, 0.05) is 17.5 Å². The largest absolute Gasteiger partial charge is 0.497 e. The van der Waals surface area contributed by atoms with Gasteiger partial charge in [0.15, 0.2) is 5.60 Å². The van der Waals surface area contributed by atoms with Crippen LogP contribution in [0.25, 0.3) is 10.8 Å². The fraction of sp³-hybridized carbons (Fsp3) is 0.154. The highest BCUT2D eigenvalue weighted by Crippen LogP contribution is 2.30. The van der Waals surface area contributed by atoms with E-state index in [2.05, 4.69) is 10.5 Å². The first-order valence-electron chi connectivity index (χ1n) is 10.4. The minimum atomic E-state index is -1.94. The van der Waals surface area contributed by atoms with Gasteiger partial charge in [-0.05, 0) is 60.5 Å². The smallest absolute Gasteiger partial charge is 0.366 e. The van der Waals surface area contributed by atoms with Crippen LogP contribution >= 0.6 is 0 Å². The summed E-state index contributed by atoms with van der Waals surface area (Å²) in [6.45, 7) is 1.69. The molecule has 0 saturated carbocycles. The topological polar surface area (TPSA) is 125 Å². The molecule has 0 spiro atoms. The first-order chi connectivity index (χ1) is 16.3. The van der Waals surface area contributed by atoms with Crippen LogP contribution in [0.15, 0.2) is 76.0 Å². The van der Waals surface area contributed by atoms with Crippen LogP contribution in [0.5, 0.6) is 5.75 Å². The molecule has 0 aliphatic carbocycles. The number of ether oxygens (including phenoxy) is 1. The monoisotopic (exact) mass is 455 g/mol. The van der Waals surface area contributed by atoms with E-state index in [9.17, 15) is 14.7 Å². The zero-order valence-corrected chi connectivity index (χ0v) is 18.5. The lowest BCUT2D eigenvalue weighted by atomic mass is 9.85. The first-order valence-corrected chi connectivity index (χ1v) is 10.4. The van der Waals surface area contributed by atoms with Crippen molar-refractivity contribution in [3.8, 4) is 11.8 Å². The SMILES string of the molecule is COc1ccc(CC(O)(C(=O)Nc2ccc3c(=O)onc(C)c3c2)c2ccc(C#N)cc2)cc1. The summed E-state index contributed by atoms with van der Waals surface area (Å²) in [7, 11) is 1.56. The van der Waals surface area contributed by atoms with Gasteiger partial charge >= 0.3 is 5.63 Å². The van der Waals surface area contributed by atoms with Crippen LogP contribution in [0.1, 0.15) is 22.4 Å². The van der Waals surface area contributed by atoms with Crippen LogP contribution in [0.4, 0.5) is 5.69 Å². The Kier molecular flexibility index (Phi) is 6.13. The fourth-order valence-electron chi connectivity index (χ4n) is 3.71. The summed E-state index contributed by atoms with van der Waals surface area (Å²) in [4.78, 5) is 25.4. The minimum absolute atomic E-state index is 0.0213. The number of fused-ring (bicyclic) bond motifs is 1. The Labute approximate surface area is 195 Å². The van der Waals surface area contributed by atoms with Gasteiger partial charge in [0.25, 0.3) is 5.91 Å². The van der Waals surface area contributed by atoms with Crippen LogP contribution in [-0.2, 0) is 16.8 Å². The molecule has 4 aromatic rings. The van der Waals surface area contributed by atoms with Crippen LogP contribution in [0.2, 0.25) is 0 Å². The van der Waals surface area contributed by atoms with Crippen LogP contribution in [0, 0.1) is 18.3 Å². The quantitative estimate of drug-likeness (QED) is 0.456. The average molecular weight is 455 g/mol. The molecule has 1 heterocycles. The molecule has 0 aliphatic rings. The lowest BCUT2D eigenvalue weighted by Gasteiger charge is -2.28. The molecule has 1 atom stereocenters. The first kappa shape index (κ1) is 22.7. The summed E-state index contributed by atoms with van der Waals surface area (Å²) in [5.41, 5.74) is -0.195. The third-order valence-corrected chi connectivity index (χ3v) is 5.64. The number of nitrogens with zero attached hydrogens (tertiary/aromatic N) is 2. The highest BCUT2D eigenvalue weighted by molar-refractivity contribution is 6.00. The molecule has 34 heavy (non-hydrogen) atoms. The Morgan fingerprint density at radius 2 is 1.82 bits per heavy atom. The normalized spacial score (nSPS) is 12.5. The summed E-state index contributed by atoms with van der Waals surface area (Å²) in [6.07, 6.45) is -0.0213. The van der Waals surface area contributed by atoms with Crippen molar-refractivity contribution in [3.63, 3.8) is 0 Å². The molecule has 1 amide bonds. The van der Waals surface area contributed by atoms with Crippen molar-refractivity contribution < 1.29 is 19.2 Å². The number of rotatable bonds is 6. The zero-order valence-electron chi connectivity index (χ0n) is 18.5. The van der Waals surface area contributed by atoms with E-state index in [1.54, 1.807) is 74.7 Å². The van der Waals surface area contributed by atoms with Crippen molar-refractivity contribution in [3.05, 3.63) is 99.5 Å². The fourth-order valence-corrected chi connectivity index (χ4v) is 3.71. The molecule has 3 aromatic carbocycles. The van der Waals surface area contributed by atoms with E-state index < -0.39 is 17.1 Å². The molecular formula is C26H21N3O5. The molecule has 2 N–H and O–H groups in total. The van der Waals surface area contributed by atoms with Crippen molar-refractivity contribution in [1.82, 2.24) is 5.16 Å². The standard InChI is InChI=1S/C26H21N3O5/c1-16-23-13-20(9-12-22(23)24(30)34-29-16)28-25(31)26(32,19-7-3-18(15-27)4-8-19)14-17-5-10-21(33-2)11-6-17/h3-13,32H,14H2,1-2H3,(H,28,31). The molecule has 170 valence electrons. The van der Waals surface area contributed by atoms with Crippen LogP contribution in [0.3, 0.4) is 0 Å². The number of aliphatic hydroxyl groups is 1. The van der Waals surface area contributed by atoms with Crippen LogP contribution < -0.4 is 15.7 Å². The number of nitriles is 1. The third-order valence-electron chi connectivity index (χ3n) is 5.64. The van der Waals surface area contributed by atoms with Crippen molar-refractivity contribution >= 4 is 22.4 Å². The predicted molar refractivity (Wildman–Crippen MR) is 125 cm³/mol. The maximum absolute atomic E-state index is 13.5. The van der Waals surface area contributed by atoms with E-state index in [1.165, 1.54) is 6.07 Å². The Balaban J connectivity index is 1.72. The van der Waals surface area contributed by atoms with Gasteiger partial charge in [-0.15, -0.1) is 0 Å². The number of carbonyl (C=O) groups is 1. The lowest BCUT2D eigenvalue weighted by Crippen LogP contribution is -2.42. The zero-order chi connectivity index (χ0) is 24.3. The molecule has 0 radical (unpaired) electrons. The van der Waals surface area contributed by atoms with Gasteiger partial charge in [0.1, 0.15) is 5.75 Å². The van der Waals surface area contributed by atoms with E-state index in [4.69, 9.17) is 14.5 Å². The summed E-state index contributed by atoms with van der Waals surface area (Å²) in [6, 6.07) is 20.0. The van der Waals surface area contributed by atoms with E-state index in [-0.39, 0.29) is 6.42 Å². The van der Waals surface area contributed by atoms with E-state index >= 15 is 0 Å². The Morgan fingerprint density at radius 1 is 1.12 bits per heavy atom. The number of anilines is 1.